The first kappa shape index (κ1) is 15.9. The summed E-state index contributed by atoms with van der Waals surface area (Å²) in [4.78, 5) is 10.9. The SMILES string of the molecule is COC(=O)C(F)(F)C(F)(F)C1=NN=C(c2ccc(N)cc2)C1. The van der Waals surface area contributed by atoms with Crippen molar-refractivity contribution in [1.82, 2.24) is 0 Å². The number of rotatable bonds is 4. The van der Waals surface area contributed by atoms with Crippen LogP contribution < -0.4 is 5.73 Å². The van der Waals surface area contributed by atoms with E-state index in [1.54, 1.807) is 0 Å². The highest BCUT2D eigenvalue weighted by Crippen LogP contribution is 2.39. The van der Waals surface area contributed by atoms with Crippen molar-refractivity contribution in [3.05, 3.63) is 29.8 Å². The van der Waals surface area contributed by atoms with Gasteiger partial charge in [0.25, 0.3) is 0 Å². The number of halogens is 4. The topological polar surface area (TPSA) is 77.0 Å². The number of hydrogen-bond donors (Lipinski definition) is 1. The van der Waals surface area contributed by atoms with Gasteiger partial charge in [-0.1, -0.05) is 12.1 Å². The number of alkyl halides is 4. The number of nitrogens with zero attached hydrogens (tertiary/aromatic N) is 2. The third-order valence-corrected chi connectivity index (χ3v) is 3.07. The number of ether oxygens (including phenoxy) is 1. The highest BCUT2D eigenvalue weighted by Gasteiger charge is 2.66. The zero-order chi connectivity index (χ0) is 16.5. The van der Waals surface area contributed by atoms with E-state index in [0.717, 1.165) is 0 Å². The number of esters is 1. The quantitative estimate of drug-likeness (QED) is 0.526. The van der Waals surface area contributed by atoms with Gasteiger partial charge in [-0.05, 0) is 17.7 Å². The summed E-state index contributed by atoms with van der Waals surface area (Å²) in [5, 5.41) is 6.59. The standard InChI is InChI=1S/C13H11F4N3O2/c1-22-11(21)13(16,17)12(14,15)10-6-9(19-20-10)7-2-4-8(18)5-3-7/h2-5H,6,18H2,1H3. The molecule has 0 aliphatic carbocycles. The van der Waals surface area contributed by atoms with Crippen molar-refractivity contribution in [2.24, 2.45) is 10.2 Å². The van der Waals surface area contributed by atoms with E-state index in [-0.39, 0.29) is 5.71 Å². The van der Waals surface area contributed by atoms with Gasteiger partial charge in [0.1, 0.15) is 5.71 Å². The summed E-state index contributed by atoms with van der Waals surface area (Å²) >= 11 is 0. The second-order valence-corrected chi connectivity index (χ2v) is 4.53. The third-order valence-electron chi connectivity index (χ3n) is 3.07. The van der Waals surface area contributed by atoms with Gasteiger partial charge in [0.15, 0.2) is 0 Å². The van der Waals surface area contributed by atoms with Gasteiger partial charge in [-0.3, -0.25) is 0 Å². The van der Waals surface area contributed by atoms with Crippen LogP contribution in [-0.4, -0.2) is 36.3 Å². The van der Waals surface area contributed by atoms with Crippen LogP contribution in [0, 0.1) is 0 Å². The lowest BCUT2D eigenvalue weighted by atomic mass is 9.98. The molecular formula is C13H11F4N3O2. The maximum atomic E-state index is 13.8. The number of nitrogen functional groups attached to an aromatic ring is 1. The Morgan fingerprint density at radius 3 is 2.32 bits per heavy atom. The van der Waals surface area contributed by atoms with E-state index in [9.17, 15) is 22.4 Å². The van der Waals surface area contributed by atoms with E-state index < -0.39 is 29.9 Å². The first-order valence-corrected chi connectivity index (χ1v) is 6.04. The molecule has 0 atom stereocenters. The van der Waals surface area contributed by atoms with Gasteiger partial charge in [-0.2, -0.15) is 27.8 Å². The van der Waals surface area contributed by atoms with E-state index in [1.807, 2.05) is 0 Å². The van der Waals surface area contributed by atoms with Crippen molar-refractivity contribution in [2.45, 2.75) is 18.3 Å². The smallest absolute Gasteiger partial charge is 0.410 e. The van der Waals surface area contributed by atoms with Crippen LogP contribution in [0.2, 0.25) is 0 Å². The molecule has 0 saturated heterocycles. The van der Waals surface area contributed by atoms with Gasteiger partial charge in [0.05, 0.1) is 12.8 Å². The minimum absolute atomic E-state index is 0.0790. The van der Waals surface area contributed by atoms with E-state index in [4.69, 9.17) is 5.73 Å². The Hall–Kier alpha value is -2.45. The molecule has 2 rings (SSSR count). The summed E-state index contributed by atoms with van der Waals surface area (Å²) < 4.78 is 58.3. The van der Waals surface area contributed by atoms with Crippen LogP contribution in [0.4, 0.5) is 23.2 Å². The maximum absolute atomic E-state index is 13.8. The van der Waals surface area contributed by atoms with Crippen molar-refractivity contribution >= 4 is 23.1 Å². The lowest BCUT2D eigenvalue weighted by Gasteiger charge is -2.23. The Labute approximate surface area is 122 Å². The van der Waals surface area contributed by atoms with Gasteiger partial charge in [-0.15, -0.1) is 0 Å². The lowest BCUT2D eigenvalue weighted by Crippen LogP contribution is -2.52. The van der Waals surface area contributed by atoms with Crippen LogP contribution in [0.15, 0.2) is 34.5 Å². The Balaban J connectivity index is 2.20. The van der Waals surface area contributed by atoms with Gasteiger partial charge in [-0.25, -0.2) is 4.79 Å². The van der Waals surface area contributed by atoms with Crippen molar-refractivity contribution in [3.8, 4) is 0 Å². The molecular weight excluding hydrogens is 306 g/mol. The minimum Gasteiger partial charge on any atom is -0.464 e. The molecule has 0 amide bonds. The molecule has 0 bridgehead atoms. The van der Waals surface area contributed by atoms with E-state index in [1.165, 1.54) is 24.3 Å². The average Bonchev–Trinajstić information content (AvgIpc) is 2.97. The molecule has 0 radical (unpaired) electrons. The number of methoxy groups -OCH3 is 1. The molecule has 1 aliphatic heterocycles. The van der Waals surface area contributed by atoms with Crippen LogP contribution in [-0.2, 0) is 9.53 Å². The van der Waals surface area contributed by atoms with Gasteiger partial charge in [0.2, 0.25) is 0 Å². The van der Waals surface area contributed by atoms with Crippen LogP contribution in [0.1, 0.15) is 12.0 Å². The van der Waals surface area contributed by atoms with Crippen LogP contribution in [0.25, 0.3) is 0 Å². The molecule has 22 heavy (non-hydrogen) atoms. The molecule has 0 spiro atoms. The molecule has 118 valence electrons. The predicted octanol–water partition coefficient (Wildman–Crippen LogP) is 2.26. The molecule has 0 unspecified atom stereocenters. The second-order valence-electron chi connectivity index (χ2n) is 4.53. The molecule has 0 fully saturated rings. The first-order chi connectivity index (χ1) is 10.2. The highest BCUT2D eigenvalue weighted by molar-refractivity contribution is 6.18. The van der Waals surface area contributed by atoms with Crippen molar-refractivity contribution in [2.75, 3.05) is 12.8 Å². The zero-order valence-electron chi connectivity index (χ0n) is 11.3. The molecule has 2 N–H and O–H groups in total. The van der Waals surface area contributed by atoms with Crippen molar-refractivity contribution < 1.29 is 27.1 Å². The number of anilines is 1. The number of benzene rings is 1. The Morgan fingerprint density at radius 2 is 1.77 bits per heavy atom. The summed E-state index contributed by atoms with van der Waals surface area (Å²) in [7, 11) is 0.596. The van der Waals surface area contributed by atoms with Crippen LogP contribution >= 0.6 is 0 Å². The molecule has 9 heteroatoms. The third kappa shape index (κ3) is 2.53. The van der Waals surface area contributed by atoms with Gasteiger partial charge < -0.3 is 10.5 Å². The number of hydrogen-bond acceptors (Lipinski definition) is 5. The van der Waals surface area contributed by atoms with Gasteiger partial charge in [0, 0.05) is 12.1 Å². The molecule has 0 saturated carbocycles. The Kier molecular flexibility index (Phi) is 3.90. The summed E-state index contributed by atoms with van der Waals surface area (Å²) in [5.74, 6) is -12.1. The normalized spacial score (nSPS) is 15.3. The molecule has 1 aromatic rings. The average molecular weight is 317 g/mol. The number of nitrogens with two attached hydrogens (primary N) is 1. The van der Waals surface area contributed by atoms with Crippen molar-refractivity contribution in [3.63, 3.8) is 0 Å². The molecule has 0 aromatic heterocycles. The monoisotopic (exact) mass is 317 g/mol. The molecule has 5 nitrogen and oxygen atoms in total. The number of carbonyl (C=O) groups is 1. The summed E-state index contributed by atoms with van der Waals surface area (Å²) in [5.41, 5.74) is 5.24. The van der Waals surface area contributed by atoms with E-state index in [0.29, 0.717) is 18.4 Å². The minimum atomic E-state index is -5.02. The maximum Gasteiger partial charge on any atom is 0.410 e. The Morgan fingerprint density at radius 1 is 1.18 bits per heavy atom. The van der Waals surface area contributed by atoms with Gasteiger partial charge >= 0.3 is 17.8 Å². The lowest BCUT2D eigenvalue weighted by molar-refractivity contribution is -0.205. The highest BCUT2D eigenvalue weighted by atomic mass is 19.3. The summed E-state index contributed by atoms with van der Waals surface area (Å²) in [6.45, 7) is 0. The van der Waals surface area contributed by atoms with Crippen LogP contribution in [0.3, 0.4) is 0 Å². The second kappa shape index (κ2) is 5.39. The first-order valence-electron chi connectivity index (χ1n) is 6.04. The largest absolute Gasteiger partial charge is 0.464 e. The Bertz CT molecular complexity index is 654. The fourth-order valence-corrected chi connectivity index (χ4v) is 1.80. The fourth-order valence-electron chi connectivity index (χ4n) is 1.80. The number of carbonyl (C=O) groups excluding carboxylic acids is 1. The van der Waals surface area contributed by atoms with Crippen LogP contribution in [0.5, 0.6) is 0 Å². The van der Waals surface area contributed by atoms with Crippen molar-refractivity contribution in [1.29, 1.82) is 0 Å². The molecule has 1 heterocycles. The van der Waals surface area contributed by atoms with E-state index >= 15 is 0 Å². The summed E-state index contributed by atoms with van der Waals surface area (Å²) in [6, 6.07) is 6.03. The molecule has 1 aliphatic rings. The molecule has 1 aromatic carbocycles. The fraction of sp³-hybridized carbons (Fsp3) is 0.308. The predicted molar refractivity (Wildman–Crippen MR) is 71.4 cm³/mol. The zero-order valence-corrected chi connectivity index (χ0v) is 11.3. The van der Waals surface area contributed by atoms with E-state index in [2.05, 4.69) is 14.9 Å². The summed E-state index contributed by atoms with van der Waals surface area (Å²) in [6.07, 6.45) is -0.608.